The van der Waals surface area contributed by atoms with Crippen molar-refractivity contribution in [2.45, 2.75) is 52.4 Å². The number of hydrogen-bond donors (Lipinski definition) is 2. The van der Waals surface area contributed by atoms with Crippen molar-refractivity contribution in [1.29, 1.82) is 0 Å². The van der Waals surface area contributed by atoms with Gasteiger partial charge in [-0.3, -0.25) is 0 Å². The van der Waals surface area contributed by atoms with Gasteiger partial charge in [0.05, 0.1) is 18.8 Å². The van der Waals surface area contributed by atoms with Crippen LogP contribution in [-0.2, 0) is 22.6 Å². The van der Waals surface area contributed by atoms with Crippen LogP contribution in [-0.4, -0.2) is 37.9 Å². The van der Waals surface area contributed by atoms with Crippen LogP contribution in [0.3, 0.4) is 0 Å². The minimum absolute atomic E-state index is 0.0803. The standard InChI is InChI=1S/C19H31N3O2/c1-4-20-18(22-15-19(3)11-8-12-24-19)21-13-16-9-6-7-10-17(16)14-23-5-2/h6-7,9-10H,4-5,8,11-15H2,1-3H3,(H2,20,21,22). The summed E-state index contributed by atoms with van der Waals surface area (Å²) in [5, 5.41) is 6.73. The molecule has 2 N–H and O–H groups in total. The molecule has 1 aromatic carbocycles. The molecule has 5 heteroatoms. The van der Waals surface area contributed by atoms with E-state index in [1.54, 1.807) is 0 Å². The Hall–Kier alpha value is -1.59. The molecule has 1 saturated heterocycles. The quantitative estimate of drug-likeness (QED) is 0.567. The Labute approximate surface area is 145 Å². The summed E-state index contributed by atoms with van der Waals surface area (Å²) in [5.41, 5.74) is 2.32. The van der Waals surface area contributed by atoms with Gasteiger partial charge in [0.25, 0.3) is 0 Å². The van der Waals surface area contributed by atoms with Crippen LogP contribution in [0.5, 0.6) is 0 Å². The SMILES string of the molecule is CCNC(=NCc1ccccc1COCC)NCC1(C)CCCO1. The summed E-state index contributed by atoms with van der Waals surface area (Å²) in [6.07, 6.45) is 2.23. The summed E-state index contributed by atoms with van der Waals surface area (Å²) in [4.78, 5) is 4.73. The number of nitrogens with one attached hydrogen (secondary N) is 2. The van der Waals surface area contributed by atoms with Gasteiger partial charge >= 0.3 is 0 Å². The normalized spacial score (nSPS) is 21.0. The predicted octanol–water partition coefficient (Wildman–Crippen LogP) is 2.85. The van der Waals surface area contributed by atoms with E-state index in [1.165, 1.54) is 11.1 Å². The lowest BCUT2D eigenvalue weighted by Crippen LogP contribution is -2.45. The molecule has 1 unspecified atom stereocenters. The lowest BCUT2D eigenvalue weighted by molar-refractivity contribution is 0.0243. The summed E-state index contributed by atoms with van der Waals surface area (Å²) < 4.78 is 11.4. The number of rotatable bonds is 8. The molecule has 1 aliphatic heterocycles. The van der Waals surface area contributed by atoms with Gasteiger partial charge in [0.1, 0.15) is 0 Å². The minimum Gasteiger partial charge on any atom is -0.377 e. The maximum Gasteiger partial charge on any atom is 0.191 e. The highest BCUT2D eigenvalue weighted by Crippen LogP contribution is 2.23. The zero-order chi connectivity index (χ0) is 17.3. The Morgan fingerprint density at radius 1 is 1.25 bits per heavy atom. The van der Waals surface area contributed by atoms with E-state index in [9.17, 15) is 0 Å². The van der Waals surface area contributed by atoms with Crippen LogP contribution in [0.15, 0.2) is 29.3 Å². The highest BCUT2D eigenvalue weighted by molar-refractivity contribution is 5.79. The second kappa shape index (κ2) is 9.64. The molecule has 1 aliphatic rings. The van der Waals surface area contributed by atoms with Crippen molar-refractivity contribution in [2.75, 3.05) is 26.3 Å². The van der Waals surface area contributed by atoms with E-state index in [2.05, 4.69) is 36.6 Å². The first-order valence-electron chi connectivity index (χ1n) is 8.97. The molecular weight excluding hydrogens is 302 g/mol. The van der Waals surface area contributed by atoms with Crippen molar-refractivity contribution in [3.05, 3.63) is 35.4 Å². The minimum atomic E-state index is -0.0803. The Morgan fingerprint density at radius 3 is 2.71 bits per heavy atom. The number of guanidine groups is 1. The number of ether oxygens (including phenoxy) is 2. The van der Waals surface area contributed by atoms with Gasteiger partial charge in [0, 0.05) is 26.3 Å². The molecule has 0 aliphatic carbocycles. The van der Waals surface area contributed by atoms with Crippen LogP contribution in [0.4, 0.5) is 0 Å². The number of benzene rings is 1. The molecule has 0 radical (unpaired) electrons. The number of nitrogens with zero attached hydrogens (tertiary/aromatic N) is 1. The Kier molecular flexibility index (Phi) is 7.53. The molecule has 1 fully saturated rings. The largest absolute Gasteiger partial charge is 0.377 e. The molecule has 1 heterocycles. The molecule has 0 bridgehead atoms. The van der Waals surface area contributed by atoms with E-state index in [0.717, 1.165) is 45.1 Å². The van der Waals surface area contributed by atoms with Crippen molar-refractivity contribution < 1.29 is 9.47 Å². The predicted molar refractivity (Wildman–Crippen MR) is 98.2 cm³/mol. The number of aliphatic imine (C=N–C) groups is 1. The lowest BCUT2D eigenvalue weighted by atomic mass is 10.0. The van der Waals surface area contributed by atoms with Gasteiger partial charge in [-0.15, -0.1) is 0 Å². The topological polar surface area (TPSA) is 54.9 Å². The summed E-state index contributed by atoms with van der Waals surface area (Å²) in [6, 6.07) is 8.31. The number of hydrogen-bond acceptors (Lipinski definition) is 3. The van der Waals surface area contributed by atoms with Gasteiger partial charge in [0.15, 0.2) is 5.96 Å². The maximum absolute atomic E-state index is 5.83. The van der Waals surface area contributed by atoms with Crippen LogP contribution in [0.2, 0.25) is 0 Å². The molecule has 0 amide bonds. The molecule has 2 rings (SSSR count). The third kappa shape index (κ3) is 5.80. The van der Waals surface area contributed by atoms with E-state index in [1.807, 2.05) is 19.1 Å². The third-order valence-electron chi connectivity index (χ3n) is 4.26. The fourth-order valence-electron chi connectivity index (χ4n) is 2.82. The van der Waals surface area contributed by atoms with Crippen molar-refractivity contribution >= 4 is 5.96 Å². The first-order chi connectivity index (χ1) is 11.7. The molecule has 134 valence electrons. The molecular formula is C19H31N3O2. The van der Waals surface area contributed by atoms with E-state index < -0.39 is 0 Å². The Bertz CT molecular complexity index is 525. The molecule has 24 heavy (non-hydrogen) atoms. The van der Waals surface area contributed by atoms with Gasteiger partial charge in [0.2, 0.25) is 0 Å². The Morgan fingerprint density at radius 2 is 2.04 bits per heavy atom. The van der Waals surface area contributed by atoms with Crippen molar-refractivity contribution in [3.8, 4) is 0 Å². The van der Waals surface area contributed by atoms with Gasteiger partial charge < -0.3 is 20.1 Å². The van der Waals surface area contributed by atoms with E-state index in [4.69, 9.17) is 14.5 Å². The van der Waals surface area contributed by atoms with Crippen LogP contribution in [0, 0.1) is 0 Å². The summed E-state index contributed by atoms with van der Waals surface area (Å²) in [7, 11) is 0. The fourth-order valence-corrected chi connectivity index (χ4v) is 2.82. The van der Waals surface area contributed by atoms with Gasteiger partial charge in [-0.1, -0.05) is 24.3 Å². The molecule has 0 spiro atoms. The monoisotopic (exact) mass is 333 g/mol. The average Bonchev–Trinajstić information content (AvgIpc) is 3.03. The van der Waals surface area contributed by atoms with Crippen LogP contribution >= 0.6 is 0 Å². The fraction of sp³-hybridized carbons (Fsp3) is 0.632. The zero-order valence-electron chi connectivity index (χ0n) is 15.2. The molecule has 1 atom stereocenters. The third-order valence-corrected chi connectivity index (χ3v) is 4.26. The van der Waals surface area contributed by atoms with Crippen LogP contribution in [0.25, 0.3) is 0 Å². The highest BCUT2D eigenvalue weighted by atomic mass is 16.5. The highest BCUT2D eigenvalue weighted by Gasteiger charge is 2.29. The van der Waals surface area contributed by atoms with Crippen molar-refractivity contribution in [2.24, 2.45) is 4.99 Å². The summed E-state index contributed by atoms with van der Waals surface area (Å²) >= 11 is 0. The zero-order valence-corrected chi connectivity index (χ0v) is 15.2. The second-order valence-electron chi connectivity index (χ2n) is 6.36. The van der Waals surface area contributed by atoms with E-state index in [-0.39, 0.29) is 5.60 Å². The first kappa shape index (κ1) is 18.7. The Balaban J connectivity index is 1.97. The van der Waals surface area contributed by atoms with Crippen molar-refractivity contribution in [3.63, 3.8) is 0 Å². The molecule has 1 aromatic rings. The maximum atomic E-state index is 5.83. The van der Waals surface area contributed by atoms with Gasteiger partial charge in [-0.2, -0.15) is 0 Å². The molecule has 5 nitrogen and oxygen atoms in total. The second-order valence-corrected chi connectivity index (χ2v) is 6.36. The molecule has 0 aromatic heterocycles. The van der Waals surface area contributed by atoms with Gasteiger partial charge in [-0.25, -0.2) is 4.99 Å². The summed E-state index contributed by atoms with van der Waals surface area (Å²) in [5.74, 6) is 0.834. The average molecular weight is 333 g/mol. The van der Waals surface area contributed by atoms with Gasteiger partial charge in [-0.05, 0) is 44.7 Å². The summed E-state index contributed by atoms with van der Waals surface area (Å²) in [6.45, 7) is 10.7. The van der Waals surface area contributed by atoms with Crippen molar-refractivity contribution in [1.82, 2.24) is 10.6 Å². The van der Waals surface area contributed by atoms with Crippen LogP contribution in [0.1, 0.15) is 44.7 Å². The molecule has 0 saturated carbocycles. The smallest absolute Gasteiger partial charge is 0.191 e. The first-order valence-corrected chi connectivity index (χ1v) is 8.97. The van der Waals surface area contributed by atoms with Crippen LogP contribution < -0.4 is 10.6 Å². The van der Waals surface area contributed by atoms with E-state index in [0.29, 0.717) is 13.2 Å². The lowest BCUT2D eigenvalue weighted by Gasteiger charge is -2.24. The van der Waals surface area contributed by atoms with E-state index >= 15 is 0 Å².